The van der Waals surface area contributed by atoms with Crippen LogP contribution >= 0.6 is 11.6 Å². The van der Waals surface area contributed by atoms with Crippen LogP contribution in [0, 0.1) is 0 Å². The summed E-state index contributed by atoms with van der Waals surface area (Å²) in [7, 11) is 0. The van der Waals surface area contributed by atoms with Gasteiger partial charge in [-0.25, -0.2) is 0 Å². The topological polar surface area (TPSA) is 49.5 Å². The fraction of sp³-hybridized carbons (Fsp3) is 0.538. The van der Waals surface area contributed by atoms with E-state index in [9.17, 15) is 5.11 Å². The average Bonchev–Trinajstić information content (AvgIpc) is 2.33. The van der Waals surface area contributed by atoms with Crippen molar-refractivity contribution in [2.75, 3.05) is 19.6 Å². The maximum Gasteiger partial charge on any atom is 0.0667 e. The molecule has 0 spiro atoms. The van der Waals surface area contributed by atoms with E-state index in [0.29, 0.717) is 13.1 Å². The number of benzene rings is 1. The lowest BCUT2D eigenvalue weighted by molar-refractivity contribution is 0.0480. The summed E-state index contributed by atoms with van der Waals surface area (Å²) in [4.78, 5) is 2.26. The first kappa shape index (κ1) is 12.8. The molecule has 17 heavy (non-hydrogen) atoms. The molecule has 0 amide bonds. The van der Waals surface area contributed by atoms with Crippen molar-refractivity contribution >= 4 is 11.6 Å². The van der Waals surface area contributed by atoms with Crippen molar-refractivity contribution in [3.05, 3.63) is 34.9 Å². The van der Waals surface area contributed by atoms with Gasteiger partial charge in [-0.3, -0.25) is 4.90 Å². The van der Waals surface area contributed by atoms with Gasteiger partial charge in [0.25, 0.3) is 0 Å². The normalized spacial score (nSPS) is 23.6. The number of likely N-dealkylation sites (tertiary alicyclic amines) is 1. The first-order chi connectivity index (χ1) is 8.20. The summed E-state index contributed by atoms with van der Waals surface area (Å²) in [6.07, 6.45) is 1.71. The van der Waals surface area contributed by atoms with Crippen LogP contribution in [0.15, 0.2) is 24.3 Å². The van der Waals surface area contributed by atoms with Crippen molar-refractivity contribution in [1.82, 2.24) is 4.90 Å². The molecule has 4 heteroatoms. The maximum atomic E-state index is 9.71. The van der Waals surface area contributed by atoms with Crippen LogP contribution in [0.1, 0.15) is 24.4 Å². The average molecular weight is 255 g/mol. The number of hydrogen-bond donors (Lipinski definition) is 2. The van der Waals surface area contributed by atoms with E-state index in [1.807, 2.05) is 24.3 Å². The number of hydrogen-bond acceptors (Lipinski definition) is 3. The van der Waals surface area contributed by atoms with E-state index < -0.39 is 0 Å². The molecule has 0 aliphatic carbocycles. The van der Waals surface area contributed by atoms with Crippen molar-refractivity contribution in [2.24, 2.45) is 5.73 Å². The Bertz CT molecular complexity index is 355. The molecule has 1 saturated heterocycles. The number of nitrogens with zero attached hydrogens (tertiary/aromatic N) is 1. The number of aliphatic hydroxyl groups excluding tert-OH is 1. The molecule has 2 unspecified atom stereocenters. The Kier molecular flexibility index (Phi) is 4.40. The van der Waals surface area contributed by atoms with E-state index in [1.54, 1.807) is 0 Å². The zero-order chi connectivity index (χ0) is 12.3. The molecule has 1 aromatic rings. The van der Waals surface area contributed by atoms with Crippen LogP contribution in [-0.4, -0.2) is 35.7 Å². The highest BCUT2D eigenvalue weighted by atomic mass is 35.5. The smallest absolute Gasteiger partial charge is 0.0667 e. The van der Waals surface area contributed by atoms with E-state index in [0.717, 1.165) is 24.4 Å². The third-order valence-electron chi connectivity index (χ3n) is 3.35. The highest BCUT2D eigenvalue weighted by Crippen LogP contribution is 2.24. The SMILES string of the molecule is NCC(c1ccc(Cl)cc1)N1CCCC(O)C1. The standard InChI is InChI=1S/C13H19ClN2O/c14-11-5-3-10(4-6-11)13(8-15)16-7-1-2-12(17)9-16/h3-6,12-13,17H,1-2,7-9,15H2. The van der Waals surface area contributed by atoms with E-state index >= 15 is 0 Å². The molecule has 0 saturated carbocycles. The summed E-state index contributed by atoms with van der Waals surface area (Å²) in [5, 5.41) is 10.5. The number of rotatable bonds is 3. The molecule has 2 atom stereocenters. The third-order valence-corrected chi connectivity index (χ3v) is 3.60. The van der Waals surface area contributed by atoms with Gasteiger partial charge in [0.15, 0.2) is 0 Å². The number of aliphatic hydroxyl groups is 1. The lowest BCUT2D eigenvalue weighted by atomic mass is 10.0. The molecule has 1 heterocycles. The van der Waals surface area contributed by atoms with Crippen LogP contribution in [0.3, 0.4) is 0 Å². The zero-order valence-corrected chi connectivity index (χ0v) is 10.6. The highest BCUT2D eigenvalue weighted by Gasteiger charge is 2.24. The molecule has 1 aromatic carbocycles. The van der Waals surface area contributed by atoms with E-state index in [4.69, 9.17) is 17.3 Å². The fourth-order valence-corrected chi connectivity index (χ4v) is 2.57. The second kappa shape index (κ2) is 5.83. The van der Waals surface area contributed by atoms with Crippen LogP contribution in [0.5, 0.6) is 0 Å². The predicted octanol–water partition coefficient (Wildman–Crippen LogP) is 1.80. The van der Waals surface area contributed by atoms with Gasteiger partial charge in [-0.05, 0) is 37.1 Å². The maximum absolute atomic E-state index is 9.71. The van der Waals surface area contributed by atoms with Crippen molar-refractivity contribution in [3.63, 3.8) is 0 Å². The highest BCUT2D eigenvalue weighted by molar-refractivity contribution is 6.30. The van der Waals surface area contributed by atoms with Crippen LogP contribution in [0.2, 0.25) is 5.02 Å². The van der Waals surface area contributed by atoms with Gasteiger partial charge in [0, 0.05) is 24.2 Å². The number of β-amino-alcohol motifs (C(OH)–C–C–N with tert-alkyl or cyclic N) is 1. The van der Waals surface area contributed by atoms with Gasteiger partial charge >= 0.3 is 0 Å². The molecule has 0 aromatic heterocycles. The molecule has 0 radical (unpaired) electrons. The molecular formula is C13H19ClN2O. The number of halogens is 1. The minimum Gasteiger partial charge on any atom is -0.392 e. The molecule has 1 aliphatic rings. The van der Waals surface area contributed by atoms with Crippen molar-refractivity contribution < 1.29 is 5.11 Å². The quantitative estimate of drug-likeness (QED) is 0.865. The van der Waals surface area contributed by atoms with E-state index in [2.05, 4.69) is 4.90 Å². The van der Waals surface area contributed by atoms with Crippen LogP contribution < -0.4 is 5.73 Å². The van der Waals surface area contributed by atoms with Gasteiger partial charge in [0.2, 0.25) is 0 Å². The largest absolute Gasteiger partial charge is 0.392 e. The molecule has 1 aliphatic heterocycles. The van der Waals surface area contributed by atoms with E-state index in [-0.39, 0.29) is 12.1 Å². The minimum atomic E-state index is -0.217. The Morgan fingerprint density at radius 2 is 2.12 bits per heavy atom. The Labute approximate surface area is 107 Å². The van der Waals surface area contributed by atoms with Crippen LogP contribution in [0.25, 0.3) is 0 Å². The second-order valence-corrected chi connectivity index (χ2v) is 5.03. The second-order valence-electron chi connectivity index (χ2n) is 4.59. The summed E-state index contributed by atoms with van der Waals surface area (Å²) in [5.74, 6) is 0. The summed E-state index contributed by atoms with van der Waals surface area (Å²) in [5.41, 5.74) is 7.04. The molecular weight excluding hydrogens is 236 g/mol. The Balaban J connectivity index is 2.12. The Morgan fingerprint density at radius 1 is 1.41 bits per heavy atom. The lowest BCUT2D eigenvalue weighted by Crippen LogP contribution is -2.43. The fourth-order valence-electron chi connectivity index (χ4n) is 2.45. The lowest BCUT2D eigenvalue weighted by Gasteiger charge is -2.36. The minimum absolute atomic E-state index is 0.183. The summed E-state index contributed by atoms with van der Waals surface area (Å²) in [6.45, 7) is 2.28. The van der Waals surface area contributed by atoms with Gasteiger partial charge in [0.05, 0.1) is 6.10 Å². The summed E-state index contributed by atoms with van der Waals surface area (Å²) >= 11 is 5.88. The van der Waals surface area contributed by atoms with Crippen LogP contribution in [0.4, 0.5) is 0 Å². The predicted molar refractivity (Wildman–Crippen MR) is 70.1 cm³/mol. The number of piperidine rings is 1. The van der Waals surface area contributed by atoms with E-state index in [1.165, 1.54) is 5.56 Å². The first-order valence-electron chi connectivity index (χ1n) is 6.08. The van der Waals surface area contributed by atoms with Gasteiger partial charge < -0.3 is 10.8 Å². The van der Waals surface area contributed by atoms with Gasteiger partial charge in [-0.15, -0.1) is 0 Å². The number of nitrogens with two attached hydrogens (primary N) is 1. The molecule has 94 valence electrons. The monoisotopic (exact) mass is 254 g/mol. The summed E-state index contributed by atoms with van der Waals surface area (Å²) < 4.78 is 0. The van der Waals surface area contributed by atoms with Crippen molar-refractivity contribution in [3.8, 4) is 0 Å². The van der Waals surface area contributed by atoms with Crippen molar-refractivity contribution in [1.29, 1.82) is 0 Å². The molecule has 3 nitrogen and oxygen atoms in total. The Hall–Kier alpha value is -0.610. The van der Waals surface area contributed by atoms with Gasteiger partial charge in [-0.1, -0.05) is 23.7 Å². The summed E-state index contributed by atoms with van der Waals surface area (Å²) in [6, 6.07) is 7.99. The van der Waals surface area contributed by atoms with Gasteiger partial charge in [-0.2, -0.15) is 0 Å². The molecule has 2 rings (SSSR count). The van der Waals surface area contributed by atoms with Crippen molar-refractivity contribution in [2.45, 2.75) is 25.0 Å². The van der Waals surface area contributed by atoms with Gasteiger partial charge in [0.1, 0.15) is 0 Å². The molecule has 3 N–H and O–H groups in total. The third kappa shape index (κ3) is 3.19. The molecule has 0 bridgehead atoms. The zero-order valence-electron chi connectivity index (χ0n) is 9.85. The molecule has 1 fully saturated rings. The first-order valence-corrected chi connectivity index (χ1v) is 6.46. The van der Waals surface area contributed by atoms with Crippen LogP contribution in [-0.2, 0) is 0 Å². The Morgan fingerprint density at radius 3 is 2.71 bits per heavy atom.